The fourth-order valence-electron chi connectivity index (χ4n) is 2.62. The monoisotopic (exact) mass is 306 g/mol. The van der Waals surface area contributed by atoms with Crippen molar-refractivity contribution in [1.82, 2.24) is 5.32 Å². The Morgan fingerprint density at radius 2 is 2.00 bits per heavy atom. The fourth-order valence-corrected chi connectivity index (χ4v) is 2.74. The number of carbonyl (C=O) groups excluding carboxylic acids is 1. The fraction of sp³-hybridized carbons (Fsp3) is 0.500. The summed E-state index contributed by atoms with van der Waals surface area (Å²) in [5.74, 6) is 0.589. The maximum atomic E-state index is 11.9. The summed E-state index contributed by atoms with van der Waals surface area (Å²) in [6, 6.07) is 8.61. The van der Waals surface area contributed by atoms with Gasteiger partial charge < -0.3 is 10.1 Å². The molecule has 4 nitrogen and oxygen atoms in total. The Morgan fingerprint density at radius 1 is 1.33 bits per heavy atom. The molecular weight excluding hydrogens is 288 g/mol. The lowest BCUT2D eigenvalue weighted by Crippen LogP contribution is -2.42. The number of rotatable bonds is 5. The number of halogens is 1. The van der Waals surface area contributed by atoms with Crippen LogP contribution >= 0.6 is 11.6 Å². The number of hydrogen-bond acceptors (Lipinski definition) is 3. The molecule has 1 aromatic carbocycles. The molecule has 0 heterocycles. The molecule has 0 saturated heterocycles. The lowest BCUT2D eigenvalue weighted by Gasteiger charge is -2.26. The normalized spacial score (nSPS) is 16.8. The zero-order valence-electron chi connectivity index (χ0n) is 11.8. The standard InChI is InChI=1S/C16H19ClN2O2/c17-13-6-8-14(9-7-13)21-11-16(20)19-15(10-18)12-4-2-1-3-5-12/h6-9,12,15H,1-5,11H2,(H,19,20). The van der Waals surface area contributed by atoms with Crippen molar-refractivity contribution in [3.8, 4) is 11.8 Å². The molecule has 1 atom stereocenters. The molecule has 1 unspecified atom stereocenters. The van der Waals surface area contributed by atoms with E-state index in [-0.39, 0.29) is 18.4 Å². The molecule has 1 N–H and O–H groups in total. The van der Waals surface area contributed by atoms with Gasteiger partial charge in [0.25, 0.3) is 5.91 Å². The molecule has 1 amide bonds. The molecule has 1 aromatic rings. The molecule has 0 aromatic heterocycles. The number of nitrogens with one attached hydrogen (secondary N) is 1. The van der Waals surface area contributed by atoms with E-state index in [2.05, 4.69) is 11.4 Å². The van der Waals surface area contributed by atoms with Crippen LogP contribution < -0.4 is 10.1 Å². The summed E-state index contributed by atoms with van der Waals surface area (Å²) in [4.78, 5) is 11.9. The maximum Gasteiger partial charge on any atom is 0.258 e. The van der Waals surface area contributed by atoms with Crippen molar-refractivity contribution in [2.45, 2.75) is 38.1 Å². The van der Waals surface area contributed by atoms with Gasteiger partial charge in [-0.15, -0.1) is 0 Å². The van der Waals surface area contributed by atoms with Gasteiger partial charge in [0, 0.05) is 5.02 Å². The lowest BCUT2D eigenvalue weighted by atomic mass is 9.84. The minimum atomic E-state index is -0.411. The molecule has 0 bridgehead atoms. The summed E-state index contributed by atoms with van der Waals surface area (Å²) in [5.41, 5.74) is 0. The highest BCUT2D eigenvalue weighted by Crippen LogP contribution is 2.26. The van der Waals surface area contributed by atoms with E-state index < -0.39 is 6.04 Å². The first-order valence-electron chi connectivity index (χ1n) is 7.26. The minimum Gasteiger partial charge on any atom is -0.484 e. The topological polar surface area (TPSA) is 62.1 Å². The summed E-state index contributed by atoms with van der Waals surface area (Å²) in [7, 11) is 0. The summed E-state index contributed by atoms with van der Waals surface area (Å²) in [5, 5.41) is 12.6. The first-order valence-corrected chi connectivity index (χ1v) is 7.64. The van der Waals surface area contributed by atoms with Crippen LogP contribution in [0.15, 0.2) is 24.3 Å². The number of amides is 1. The van der Waals surface area contributed by atoms with Gasteiger partial charge >= 0.3 is 0 Å². The molecule has 2 rings (SSSR count). The van der Waals surface area contributed by atoms with Crippen molar-refractivity contribution < 1.29 is 9.53 Å². The SMILES string of the molecule is N#CC(NC(=O)COc1ccc(Cl)cc1)C1CCCCC1. The molecule has 21 heavy (non-hydrogen) atoms. The van der Waals surface area contributed by atoms with Gasteiger partial charge in [0.15, 0.2) is 6.61 Å². The third kappa shape index (κ3) is 4.95. The van der Waals surface area contributed by atoms with Crippen molar-refractivity contribution in [3.63, 3.8) is 0 Å². The molecule has 112 valence electrons. The van der Waals surface area contributed by atoms with Crippen molar-refractivity contribution in [1.29, 1.82) is 5.26 Å². The average molecular weight is 307 g/mol. The first kappa shape index (κ1) is 15.7. The van der Waals surface area contributed by atoms with E-state index in [0.717, 1.165) is 25.7 Å². The Balaban J connectivity index is 1.79. The molecule has 1 aliphatic carbocycles. The van der Waals surface area contributed by atoms with Crippen LogP contribution in [0.3, 0.4) is 0 Å². The number of nitriles is 1. The molecule has 0 radical (unpaired) electrons. The Hall–Kier alpha value is -1.73. The highest BCUT2D eigenvalue weighted by Gasteiger charge is 2.24. The maximum absolute atomic E-state index is 11.9. The Labute approximate surface area is 130 Å². The first-order chi connectivity index (χ1) is 10.2. The van der Waals surface area contributed by atoms with Crippen molar-refractivity contribution in [3.05, 3.63) is 29.3 Å². The predicted molar refractivity (Wildman–Crippen MR) is 81.1 cm³/mol. The van der Waals surface area contributed by atoms with Crippen LogP contribution in [-0.2, 0) is 4.79 Å². The largest absolute Gasteiger partial charge is 0.484 e. The number of hydrogen-bond donors (Lipinski definition) is 1. The van der Waals surface area contributed by atoms with E-state index in [1.807, 2.05) is 0 Å². The van der Waals surface area contributed by atoms with E-state index in [0.29, 0.717) is 10.8 Å². The molecule has 0 aliphatic heterocycles. The smallest absolute Gasteiger partial charge is 0.258 e. The van der Waals surface area contributed by atoms with Crippen LogP contribution in [0.4, 0.5) is 0 Å². The summed E-state index contributed by atoms with van der Waals surface area (Å²) in [6.45, 7) is -0.0907. The minimum absolute atomic E-state index is 0.0907. The van der Waals surface area contributed by atoms with Crippen molar-refractivity contribution in [2.75, 3.05) is 6.61 Å². The van der Waals surface area contributed by atoms with Gasteiger partial charge in [0.1, 0.15) is 11.8 Å². The van der Waals surface area contributed by atoms with Crippen molar-refractivity contribution in [2.24, 2.45) is 5.92 Å². The van der Waals surface area contributed by atoms with Crippen LogP contribution in [0.2, 0.25) is 5.02 Å². The highest BCUT2D eigenvalue weighted by atomic mass is 35.5. The molecule has 0 spiro atoms. The zero-order valence-corrected chi connectivity index (χ0v) is 12.6. The van der Waals surface area contributed by atoms with E-state index in [4.69, 9.17) is 16.3 Å². The van der Waals surface area contributed by atoms with Gasteiger partial charge in [0.2, 0.25) is 0 Å². The number of ether oxygens (including phenoxy) is 1. The number of carbonyl (C=O) groups is 1. The van der Waals surface area contributed by atoms with Gasteiger partial charge in [-0.1, -0.05) is 30.9 Å². The van der Waals surface area contributed by atoms with E-state index in [1.54, 1.807) is 24.3 Å². The zero-order chi connectivity index (χ0) is 15.1. The number of benzene rings is 1. The van der Waals surface area contributed by atoms with Crippen LogP contribution in [0.25, 0.3) is 0 Å². The van der Waals surface area contributed by atoms with Crippen LogP contribution in [0.1, 0.15) is 32.1 Å². The lowest BCUT2D eigenvalue weighted by molar-refractivity contribution is -0.123. The molecule has 1 saturated carbocycles. The Kier molecular flexibility index (Phi) is 5.89. The van der Waals surface area contributed by atoms with Crippen LogP contribution in [0, 0.1) is 17.2 Å². The second-order valence-electron chi connectivity index (χ2n) is 5.31. The van der Waals surface area contributed by atoms with E-state index >= 15 is 0 Å². The Bertz CT molecular complexity index is 504. The van der Waals surface area contributed by atoms with Gasteiger partial charge in [0.05, 0.1) is 6.07 Å². The van der Waals surface area contributed by atoms with Gasteiger partial charge in [-0.2, -0.15) is 5.26 Å². The summed E-state index contributed by atoms with van der Waals surface area (Å²) < 4.78 is 5.38. The summed E-state index contributed by atoms with van der Waals surface area (Å²) in [6.07, 6.45) is 5.52. The summed E-state index contributed by atoms with van der Waals surface area (Å²) >= 11 is 5.78. The molecule has 5 heteroatoms. The van der Waals surface area contributed by atoms with Gasteiger partial charge in [-0.3, -0.25) is 4.79 Å². The third-order valence-electron chi connectivity index (χ3n) is 3.76. The van der Waals surface area contributed by atoms with E-state index in [1.165, 1.54) is 6.42 Å². The molecule has 1 fully saturated rings. The van der Waals surface area contributed by atoms with E-state index in [9.17, 15) is 10.1 Å². The van der Waals surface area contributed by atoms with Crippen molar-refractivity contribution >= 4 is 17.5 Å². The molecular formula is C16H19ClN2O2. The van der Waals surface area contributed by atoms with Crippen LogP contribution in [0.5, 0.6) is 5.75 Å². The third-order valence-corrected chi connectivity index (χ3v) is 4.01. The average Bonchev–Trinajstić information content (AvgIpc) is 2.53. The van der Waals surface area contributed by atoms with Gasteiger partial charge in [-0.25, -0.2) is 0 Å². The quantitative estimate of drug-likeness (QED) is 0.908. The second-order valence-corrected chi connectivity index (χ2v) is 5.75. The Morgan fingerprint density at radius 3 is 2.62 bits per heavy atom. The molecule has 1 aliphatic rings. The predicted octanol–water partition coefficient (Wildman–Crippen LogP) is 3.31. The van der Waals surface area contributed by atoms with Crippen LogP contribution in [-0.4, -0.2) is 18.6 Å². The second kappa shape index (κ2) is 7.90. The number of nitrogens with zero attached hydrogens (tertiary/aromatic N) is 1. The highest BCUT2D eigenvalue weighted by molar-refractivity contribution is 6.30. The van der Waals surface area contributed by atoms with Gasteiger partial charge in [-0.05, 0) is 43.0 Å².